The van der Waals surface area contributed by atoms with Crippen LogP contribution >= 0.6 is 0 Å². The van der Waals surface area contributed by atoms with Gasteiger partial charge in [-0.1, -0.05) is 0 Å². The van der Waals surface area contributed by atoms with Crippen LogP contribution in [-0.4, -0.2) is 17.8 Å². The molecule has 70 valence electrons. The predicted molar refractivity (Wildman–Crippen MR) is 49.6 cm³/mol. The Labute approximate surface area is 75.9 Å². The van der Waals surface area contributed by atoms with Crippen molar-refractivity contribution in [3.63, 3.8) is 0 Å². The van der Waals surface area contributed by atoms with E-state index in [0.29, 0.717) is 5.69 Å². The second kappa shape index (κ2) is 2.88. The minimum absolute atomic E-state index is 0.118. The smallest absolute Gasteiger partial charge is 0.274 e. The van der Waals surface area contributed by atoms with E-state index in [0.717, 1.165) is 6.42 Å². The van der Waals surface area contributed by atoms with Crippen LogP contribution in [0, 0.1) is 0 Å². The Morgan fingerprint density at radius 1 is 1.69 bits per heavy atom. The molecule has 0 amide bonds. The summed E-state index contributed by atoms with van der Waals surface area (Å²) in [6, 6.07) is 3.58. The van der Waals surface area contributed by atoms with Gasteiger partial charge in [-0.3, -0.25) is 4.79 Å². The molecule has 4 nitrogen and oxygen atoms in total. The fourth-order valence-electron chi connectivity index (χ4n) is 1.49. The van der Waals surface area contributed by atoms with Gasteiger partial charge in [0.1, 0.15) is 0 Å². The minimum atomic E-state index is -0.118. The normalized spacial score (nSPS) is 25.9. The third kappa shape index (κ3) is 1.33. The Hall–Kier alpha value is -1.29. The monoisotopic (exact) mass is 180 g/mol. The summed E-state index contributed by atoms with van der Waals surface area (Å²) in [7, 11) is 1.65. The molecule has 2 N–H and O–H groups in total. The average molecular weight is 180 g/mol. The average Bonchev–Trinajstić information content (AvgIpc) is 2.89. The van der Waals surface area contributed by atoms with Crippen LogP contribution in [0.4, 0.5) is 5.69 Å². The number of anilines is 1. The van der Waals surface area contributed by atoms with Crippen molar-refractivity contribution in [3.8, 4) is 0 Å². The van der Waals surface area contributed by atoms with Crippen LogP contribution in [0.5, 0.6) is 0 Å². The molecule has 1 heterocycles. The molecule has 0 aromatic carbocycles. The lowest BCUT2D eigenvalue weighted by molar-refractivity contribution is 0.169. The van der Waals surface area contributed by atoms with Crippen molar-refractivity contribution in [1.82, 2.24) is 4.57 Å². The van der Waals surface area contributed by atoms with Crippen molar-refractivity contribution in [2.75, 3.05) is 12.8 Å². The molecule has 0 aliphatic heterocycles. The summed E-state index contributed by atoms with van der Waals surface area (Å²) >= 11 is 0. The van der Waals surface area contributed by atoms with Crippen LogP contribution in [0.25, 0.3) is 0 Å². The highest BCUT2D eigenvalue weighted by Crippen LogP contribution is 2.36. The molecule has 0 radical (unpaired) electrons. The van der Waals surface area contributed by atoms with Crippen LogP contribution < -0.4 is 11.3 Å². The van der Waals surface area contributed by atoms with Gasteiger partial charge in [-0.15, -0.1) is 0 Å². The lowest BCUT2D eigenvalue weighted by Gasteiger charge is -2.04. The lowest BCUT2D eigenvalue weighted by atomic mass is 10.4. The van der Waals surface area contributed by atoms with Crippen molar-refractivity contribution in [3.05, 3.63) is 28.7 Å². The number of nitrogens with zero attached hydrogens (tertiary/aromatic N) is 1. The summed E-state index contributed by atoms with van der Waals surface area (Å²) in [5.74, 6) is 0. The molecule has 1 fully saturated rings. The van der Waals surface area contributed by atoms with Gasteiger partial charge >= 0.3 is 0 Å². The largest absolute Gasteiger partial charge is 0.394 e. The Kier molecular flexibility index (Phi) is 1.84. The summed E-state index contributed by atoms with van der Waals surface area (Å²) in [5.41, 5.74) is 5.68. The number of hydrogen-bond donors (Lipinski definition) is 1. The van der Waals surface area contributed by atoms with Gasteiger partial charge in [-0.25, -0.2) is 0 Å². The van der Waals surface area contributed by atoms with E-state index in [9.17, 15) is 4.79 Å². The molecule has 4 heteroatoms. The van der Waals surface area contributed by atoms with Gasteiger partial charge < -0.3 is 15.0 Å². The molecule has 1 saturated carbocycles. The zero-order valence-corrected chi connectivity index (χ0v) is 7.43. The first-order chi connectivity index (χ1) is 6.24. The van der Waals surface area contributed by atoms with E-state index in [1.807, 2.05) is 0 Å². The molecule has 1 aromatic rings. The molecular weight excluding hydrogens is 168 g/mol. The fraction of sp³-hybridized carbons (Fsp3) is 0.444. The highest BCUT2D eigenvalue weighted by molar-refractivity contribution is 5.34. The Morgan fingerprint density at radius 2 is 2.46 bits per heavy atom. The maximum atomic E-state index is 11.5. The van der Waals surface area contributed by atoms with Crippen LogP contribution in [-0.2, 0) is 4.74 Å². The first-order valence-corrected chi connectivity index (χ1v) is 4.23. The quantitative estimate of drug-likeness (QED) is 0.716. The second-order valence-electron chi connectivity index (χ2n) is 3.25. The summed E-state index contributed by atoms with van der Waals surface area (Å²) in [6.07, 6.45) is 2.84. The Morgan fingerprint density at radius 3 is 3.08 bits per heavy atom. The van der Waals surface area contributed by atoms with Crippen molar-refractivity contribution in [2.24, 2.45) is 0 Å². The zero-order chi connectivity index (χ0) is 9.42. The van der Waals surface area contributed by atoms with Crippen LogP contribution in [0.15, 0.2) is 23.1 Å². The van der Waals surface area contributed by atoms with E-state index in [2.05, 4.69) is 0 Å². The van der Waals surface area contributed by atoms with Gasteiger partial charge in [0, 0.05) is 13.3 Å². The van der Waals surface area contributed by atoms with Crippen molar-refractivity contribution in [1.29, 1.82) is 0 Å². The van der Waals surface area contributed by atoms with E-state index in [-0.39, 0.29) is 17.7 Å². The molecule has 2 atom stereocenters. The molecule has 2 rings (SSSR count). The second-order valence-corrected chi connectivity index (χ2v) is 3.25. The van der Waals surface area contributed by atoms with E-state index >= 15 is 0 Å². The highest BCUT2D eigenvalue weighted by atomic mass is 16.5. The van der Waals surface area contributed by atoms with Gasteiger partial charge in [0.2, 0.25) is 0 Å². The number of methoxy groups -OCH3 is 1. The molecule has 1 aliphatic rings. The fourth-order valence-corrected chi connectivity index (χ4v) is 1.49. The summed E-state index contributed by atoms with van der Waals surface area (Å²) in [4.78, 5) is 11.5. The molecular formula is C9H12N2O2. The minimum Gasteiger partial charge on any atom is -0.394 e. The maximum absolute atomic E-state index is 11.5. The van der Waals surface area contributed by atoms with Gasteiger partial charge in [0.15, 0.2) is 0 Å². The maximum Gasteiger partial charge on any atom is 0.274 e. The summed E-state index contributed by atoms with van der Waals surface area (Å²) < 4.78 is 6.76. The zero-order valence-electron chi connectivity index (χ0n) is 7.43. The van der Waals surface area contributed by atoms with E-state index in [1.165, 1.54) is 0 Å². The first-order valence-electron chi connectivity index (χ1n) is 4.23. The SMILES string of the molecule is CO[C@@H]1C[C@H]1n1cccc(N)c1=O. The van der Waals surface area contributed by atoms with Crippen LogP contribution in [0.2, 0.25) is 0 Å². The van der Waals surface area contributed by atoms with E-state index in [1.54, 1.807) is 30.0 Å². The molecule has 1 aromatic heterocycles. The number of pyridine rings is 1. The van der Waals surface area contributed by atoms with Crippen molar-refractivity contribution >= 4 is 5.69 Å². The number of hydrogen-bond acceptors (Lipinski definition) is 3. The summed E-state index contributed by atoms with van der Waals surface area (Å²) in [6.45, 7) is 0. The predicted octanol–water partition coefficient (Wildman–Crippen LogP) is 0.390. The van der Waals surface area contributed by atoms with Gasteiger partial charge in [-0.05, 0) is 18.6 Å². The molecule has 0 unspecified atom stereocenters. The molecule has 13 heavy (non-hydrogen) atoms. The standard InChI is InChI=1S/C9H12N2O2/c1-13-8-5-7(8)11-4-2-3-6(10)9(11)12/h2-4,7-8H,5,10H2,1H3/t7-,8-/m1/s1. The number of nitrogen functional groups attached to an aromatic ring is 1. The van der Waals surface area contributed by atoms with Gasteiger partial charge in [0.25, 0.3) is 5.56 Å². The topological polar surface area (TPSA) is 57.2 Å². The van der Waals surface area contributed by atoms with Crippen LogP contribution in [0.3, 0.4) is 0 Å². The third-order valence-electron chi connectivity index (χ3n) is 2.36. The first kappa shape index (κ1) is 8.31. The van der Waals surface area contributed by atoms with Gasteiger partial charge in [0.05, 0.1) is 17.8 Å². The number of rotatable bonds is 2. The van der Waals surface area contributed by atoms with Gasteiger partial charge in [-0.2, -0.15) is 0 Å². The van der Waals surface area contributed by atoms with Crippen molar-refractivity contribution in [2.45, 2.75) is 18.6 Å². The molecule has 0 saturated heterocycles. The molecule has 0 bridgehead atoms. The third-order valence-corrected chi connectivity index (χ3v) is 2.36. The van der Waals surface area contributed by atoms with E-state index in [4.69, 9.17) is 10.5 Å². The molecule has 0 spiro atoms. The lowest BCUT2D eigenvalue weighted by Crippen LogP contribution is -2.22. The van der Waals surface area contributed by atoms with Crippen molar-refractivity contribution < 1.29 is 4.74 Å². The Balaban J connectivity index is 2.32. The van der Waals surface area contributed by atoms with E-state index < -0.39 is 0 Å². The Bertz CT molecular complexity index is 372. The van der Waals surface area contributed by atoms with Crippen LogP contribution in [0.1, 0.15) is 12.5 Å². The number of ether oxygens (including phenoxy) is 1. The number of nitrogens with two attached hydrogens (primary N) is 1. The highest BCUT2D eigenvalue weighted by Gasteiger charge is 2.39. The molecule has 1 aliphatic carbocycles. The summed E-state index contributed by atoms with van der Waals surface area (Å²) in [5, 5.41) is 0. The number of aromatic nitrogens is 1.